The number of benzene rings is 1. The minimum atomic E-state index is -0.411. The quantitative estimate of drug-likeness (QED) is 0.727. The molecule has 0 saturated carbocycles. The molecule has 1 aliphatic rings. The monoisotopic (exact) mass is 378 g/mol. The summed E-state index contributed by atoms with van der Waals surface area (Å²) in [6.45, 7) is 2.08. The van der Waals surface area contributed by atoms with Crippen molar-refractivity contribution in [2.75, 3.05) is 17.2 Å². The number of aryl methyl sites for hydroxylation is 1. The number of hydrogen-bond donors (Lipinski definition) is 2. The van der Waals surface area contributed by atoms with E-state index in [1.807, 2.05) is 0 Å². The number of halogens is 1. The van der Waals surface area contributed by atoms with Crippen LogP contribution in [0.15, 0.2) is 24.3 Å². The number of ether oxygens (including phenoxy) is 1. The van der Waals surface area contributed by atoms with E-state index >= 15 is 0 Å². The van der Waals surface area contributed by atoms with Crippen LogP contribution in [0.1, 0.15) is 40.6 Å². The van der Waals surface area contributed by atoms with Crippen molar-refractivity contribution in [1.82, 2.24) is 0 Å². The molecule has 0 bridgehead atoms. The zero-order valence-electron chi connectivity index (χ0n) is 13.9. The van der Waals surface area contributed by atoms with Crippen molar-refractivity contribution >= 4 is 45.6 Å². The second kappa shape index (κ2) is 7.89. The SMILES string of the molecule is CCOC(=O)c1c(NC(=O)Nc2cccc(Cl)c2)sc2c1CCCC2. The molecule has 0 saturated heterocycles. The number of esters is 1. The molecule has 2 aromatic rings. The first-order valence-electron chi connectivity index (χ1n) is 8.23. The van der Waals surface area contributed by atoms with Crippen LogP contribution in [0.5, 0.6) is 0 Å². The summed E-state index contributed by atoms with van der Waals surface area (Å²) in [5.41, 5.74) is 2.11. The fourth-order valence-electron chi connectivity index (χ4n) is 2.90. The summed E-state index contributed by atoms with van der Waals surface area (Å²) in [4.78, 5) is 25.9. The minimum Gasteiger partial charge on any atom is -0.462 e. The predicted molar refractivity (Wildman–Crippen MR) is 101 cm³/mol. The number of carbonyl (C=O) groups excluding carboxylic acids is 2. The molecule has 1 aliphatic carbocycles. The smallest absolute Gasteiger partial charge is 0.341 e. The highest BCUT2D eigenvalue weighted by molar-refractivity contribution is 7.17. The number of rotatable bonds is 4. The highest BCUT2D eigenvalue weighted by atomic mass is 35.5. The van der Waals surface area contributed by atoms with Crippen LogP contribution in [0.2, 0.25) is 5.02 Å². The summed E-state index contributed by atoms with van der Waals surface area (Å²) >= 11 is 7.39. The number of hydrogen-bond acceptors (Lipinski definition) is 4. The van der Waals surface area contributed by atoms with Crippen LogP contribution in [0, 0.1) is 0 Å². The molecule has 0 atom stereocenters. The molecule has 132 valence electrons. The van der Waals surface area contributed by atoms with E-state index < -0.39 is 6.03 Å². The van der Waals surface area contributed by atoms with Gasteiger partial charge in [0.15, 0.2) is 0 Å². The molecule has 0 unspecified atom stereocenters. The molecular formula is C18H19ClN2O3S. The van der Waals surface area contributed by atoms with Crippen molar-refractivity contribution in [1.29, 1.82) is 0 Å². The van der Waals surface area contributed by atoms with Gasteiger partial charge in [0.2, 0.25) is 0 Å². The first-order valence-corrected chi connectivity index (χ1v) is 9.43. The fraction of sp³-hybridized carbons (Fsp3) is 0.333. The van der Waals surface area contributed by atoms with E-state index in [2.05, 4.69) is 10.6 Å². The zero-order valence-corrected chi connectivity index (χ0v) is 15.4. The van der Waals surface area contributed by atoms with Crippen LogP contribution in [-0.2, 0) is 17.6 Å². The summed E-state index contributed by atoms with van der Waals surface area (Å²) in [6.07, 6.45) is 3.93. The number of thiophene rings is 1. The number of nitrogens with one attached hydrogen (secondary N) is 2. The maximum absolute atomic E-state index is 12.4. The molecule has 2 amide bonds. The van der Waals surface area contributed by atoms with Gasteiger partial charge in [0.25, 0.3) is 0 Å². The topological polar surface area (TPSA) is 67.4 Å². The average Bonchev–Trinajstić information content (AvgIpc) is 2.92. The van der Waals surface area contributed by atoms with Gasteiger partial charge >= 0.3 is 12.0 Å². The molecule has 2 N–H and O–H groups in total. The molecule has 3 rings (SSSR count). The Morgan fingerprint density at radius 2 is 2.04 bits per heavy atom. The molecule has 1 aromatic heterocycles. The summed E-state index contributed by atoms with van der Waals surface area (Å²) < 4.78 is 5.19. The van der Waals surface area contributed by atoms with Crippen LogP contribution < -0.4 is 10.6 Å². The van der Waals surface area contributed by atoms with Gasteiger partial charge in [0.05, 0.1) is 12.2 Å². The number of carbonyl (C=O) groups is 2. The molecule has 1 aromatic carbocycles. The number of urea groups is 1. The van der Waals surface area contributed by atoms with Gasteiger partial charge in [0.1, 0.15) is 5.00 Å². The molecular weight excluding hydrogens is 360 g/mol. The maximum Gasteiger partial charge on any atom is 0.341 e. The summed E-state index contributed by atoms with van der Waals surface area (Å²) in [7, 11) is 0. The van der Waals surface area contributed by atoms with Crippen molar-refractivity contribution in [3.63, 3.8) is 0 Å². The van der Waals surface area contributed by atoms with Crippen molar-refractivity contribution in [3.8, 4) is 0 Å². The normalized spacial score (nSPS) is 13.0. The number of anilines is 2. The molecule has 0 aliphatic heterocycles. The largest absolute Gasteiger partial charge is 0.462 e. The molecule has 0 fully saturated rings. The lowest BCUT2D eigenvalue weighted by molar-refractivity contribution is 0.0526. The predicted octanol–water partition coefficient (Wildman–Crippen LogP) is 5.10. The zero-order chi connectivity index (χ0) is 17.8. The van der Waals surface area contributed by atoms with E-state index in [0.717, 1.165) is 36.1 Å². The third-order valence-corrected chi connectivity index (χ3v) is 5.40. The third kappa shape index (κ3) is 4.14. The van der Waals surface area contributed by atoms with E-state index in [0.29, 0.717) is 27.9 Å². The lowest BCUT2D eigenvalue weighted by atomic mass is 9.95. The second-order valence-corrected chi connectivity index (χ2v) is 7.27. The van der Waals surface area contributed by atoms with Crippen LogP contribution in [0.3, 0.4) is 0 Å². The Kier molecular flexibility index (Phi) is 5.60. The maximum atomic E-state index is 12.4. The summed E-state index contributed by atoms with van der Waals surface area (Å²) in [5, 5.41) is 6.61. The van der Waals surface area contributed by atoms with Crippen LogP contribution in [0.4, 0.5) is 15.5 Å². The van der Waals surface area contributed by atoms with Crippen molar-refractivity contribution in [3.05, 3.63) is 45.3 Å². The van der Waals surface area contributed by atoms with Crippen molar-refractivity contribution in [2.45, 2.75) is 32.6 Å². The van der Waals surface area contributed by atoms with Crippen LogP contribution >= 0.6 is 22.9 Å². The summed E-state index contributed by atoms with van der Waals surface area (Å²) in [5.74, 6) is -0.375. The van der Waals surface area contributed by atoms with Gasteiger partial charge in [-0.25, -0.2) is 9.59 Å². The van der Waals surface area contributed by atoms with E-state index in [9.17, 15) is 9.59 Å². The Morgan fingerprint density at radius 3 is 2.80 bits per heavy atom. The summed E-state index contributed by atoms with van der Waals surface area (Å²) in [6, 6.07) is 6.48. The van der Waals surface area contributed by atoms with Gasteiger partial charge in [-0.05, 0) is 56.4 Å². The van der Waals surface area contributed by atoms with Gasteiger partial charge in [0, 0.05) is 15.6 Å². The molecule has 25 heavy (non-hydrogen) atoms. The minimum absolute atomic E-state index is 0.303. The molecule has 5 nitrogen and oxygen atoms in total. The van der Waals surface area contributed by atoms with E-state index in [-0.39, 0.29) is 5.97 Å². The Morgan fingerprint density at radius 1 is 1.24 bits per heavy atom. The molecule has 1 heterocycles. The van der Waals surface area contributed by atoms with Crippen molar-refractivity contribution < 1.29 is 14.3 Å². The van der Waals surface area contributed by atoms with Gasteiger partial charge in [-0.2, -0.15) is 0 Å². The highest BCUT2D eigenvalue weighted by Gasteiger charge is 2.27. The van der Waals surface area contributed by atoms with Crippen LogP contribution in [-0.4, -0.2) is 18.6 Å². The van der Waals surface area contributed by atoms with E-state index in [4.69, 9.17) is 16.3 Å². The third-order valence-electron chi connectivity index (χ3n) is 3.96. The Balaban J connectivity index is 1.82. The molecule has 7 heteroatoms. The molecule has 0 spiro atoms. The lowest BCUT2D eigenvalue weighted by Crippen LogP contribution is -2.20. The first-order chi connectivity index (χ1) is 12.1. The van der Waals surface area contributed by atoms with Gasteiger partial charge in [-0.15, -0.1) is 11.3 Å². The fourth-order valence-corrected chi connectivity index (χ4v) is 4.37. The van der Waals surface area contributed by atoms with E-state index in [1.165, 1.54) is 11.3 Å². The Bertz CT molecular complexity index is 804. The first kappa shape index (κ1) is 17.8. The van der Waals surface area contributed by atoms with Crippen LogP contribution in [0.25, 0.3) is 0 Å². The highest BCUT2D eigenvalue weighted by Crippen LogP contribution is 2.38. The Labute approximate surface area is 155 Å². The van der Waals surface area contributed by atoms with E-state index in [1.54, 1.807) is 31.2 Å². The van der Waals surface area contributed by atoms with Crippen molar-refractivity contribution in [2.24, 2.45) is 0 Å². The average molecular weight is 379 g/mol. The molecule has 0 radical (unpaired) electrons. The lowest BCUT2D eigenvalue weighted by Gasteiger charge is -2.12. The standard InChI is InChI=1S/C18H19ClN2O3S/c1-2-24-17(22)15-13-8-3-4-9-14(13)25-16(15)21-18(23)20-12-7-5-6-11(19)10-12/h5-7,10H,2-4,8-9H2,1H3,(H2,20,21,23). The Hall–Kier alpha value is -2.05. The number of amides is 2. The van der Waals surface area contributed by atoms with Gasteiger partial charge in [-0.1, -0.05) is 17.7 Å². The number of fused-ring (bicyclic) bond motifs is 1. The van der Waals surface area contributed by atoms with Gasteiger partial charge < -0.3 is 10.1 Å². The second-order valence-electron chi connectivity index (χ2n) is 5.72. The van der Waals surface area contributed by atoms with Gasteiger partial charge in [-0.3, -0.25) is 5.32 Å².